The zero-order valence-corrected chi connectivity index (χ0v) is 13.6. The number of anilines is 4. The number of hydrogen-bond donors (Lipinski definition) is 2. The molecule has 1 heterocycles. The average Bonchev–Trinajstić information content (AvgIpc) is 2.58. The predicted octanol–water partition coefficient (Wildman–Crippen LogP) is 5.14. The van der Waals surface area contributed by atoms with Crippen LogP contribution in [-0.4, -0.2) is 9.97 Å². The molecule has 0 spiro atoms. The minimum Gasteiger partial charge on any atom is -0.338 e. The summed E-state index contributed by atoms with van der Waals surface area (Å²) in [5.74, 6) is -3.60. The highest BCUT2D eigenvalue weighted by Gasteiger charge is 2.14. The Kier molecular flexibility index (Phi) is 4.66. The third kappa shape index (κ3) is 3.65. The summed E-state index contributed by atoms with van der Waals surface area (Å²) >= 11 is 3.34. The lowest BCUT2D eigenvalue weighted by molar-refractivity contribution is 0.449. The van der Waals surface area contributed by atoms with Gasteiger partial charge < -0.3 is 10.6 Å². The minimum atomic E-state index is -1.54. The number of halogens is 4. The van der Waals surface area contributed by atoms with Crippen molar-refractivity contribution in [3.8, 4) is 0 Å². The summed E-state index contributed by atoms with van der Waals surface area (Å²) in [6.07, 6.45) is 1.45. The minimum absolute atomic E-state index is 0.220. The van der Waals surface area contributed by atoms with E-state index in [1.54, 1.807) is 0 Å². The number of rotatable bonds is 4. The Morgan fingerprint density at radius 3 is 2.33 bits per heavy atom. The normalized spacial score (nSPS) is 10.5. The van der Waals surface area contributed by atoms with Crippen LogP contribution >= 0.6 is 15.9 Å². The summed E-state index contributed by atoms with van der Waals surface area (Å²) in [6.45, 7) is 0. The van der Waals surface area contributed by atoms with Crippen LogP contribution in [0.25, 0.3) is 0 Å². The van der Waals surface area contributed by atoms with Gasteiger partial charge in [-0.15, -0.1) is 0 Å². The first kappa shape index (κ1) is 16.3. The molecule has 0 radical (unpaired) electrons. The van der Waals surface area contributed by atoms with Crippen molar-refractivity contribution in [2.75, 3.05) is 10.6 Å². The Hall–Kier alpha value is -2.61. The monoisotopic (exact) mass is 394 g/mol. The Morgan fingerprint density at radius 1 is 0.833 bits per heavy atom. The third-order valence-corrected chi connectivity index (χ3v) is 3.58. The van der Waals surface area contributed by atoms with Crippen molar-refractivity contribution >= 4 is 39.1 Å². The molecule has 0 atom stereocenters. The van der Waals surface area contributed by atoms with Crippen molar-refractivity contribution in [1.29, 1.82) is 0 Å². The van der Waals surface area contributed by atoms with Gasteiger partial charge in [0.2, 0.25) is 5.95 Å². The van der Waals surface area contributed by atoms with E-state index in [4.69, 9.17) is 0 Å². The van der Waals surface area contributed by atoms with Crippen LogP contribution < -0.4 is 10.6 Å². The fourth-order valence-corrected chi connectivity index (χ4v) is 2.18. The van der Waals surface area contributed by atoms with Crippen molar-refractivity contribution in [2.45, 2.75) is 0 Å². The van der Waals surface area contributed by atoms with Crippen LogP contribution in [0.15, 0.2) is 53.1 Å². The molecule has 0 unspecified atom stereocenters. The molecule has 122 valence electrons. The van der Waals surface area contributed by atoms with Crippen LogP contribution in [0, 0.1) is 17.5 Å². The smallest absolute Gasteiger partial charge is 0.229 e. The summed E-state index contributed by atoms with van der Waals surface area (Å²) in [6, 6.07) is 10.8. The van der Waals surface area contributed by atoms with Gasteiger partial charge in [0.15, 0.2) is 17.5 Å². The first-order chi connectivity index (χ1) is 11.5. The van der Waals surface area contributed by atoms with E-state index in [9.17, 15) is 13.2 Å². The number of nitrogens with zero attached hydrogens (tertiary/aromatic N) is 2. The zero-order valence-electron chi connectivity index (χ0n) is 12.0. The van der Waals surface area contributed by atoms with E-state index in [0.29, 0.717) is 0 Å². The molecule has 0 saturated heterocycles. The molecule has 24 heavy (non-hydrogen) atoms. The maximum atomic E-state index is 13.7. The summed E-state index contributed by atoms with van der Waals surface area (Å²) in [5.41, 5.74) is 0.538. The summed E-state index contributed by atoms with van der Waals surface area (Å²) in [4.78, 5) is 8.20. The summed E-state index contributed by atoms with van der Waals surface area (Å²) in [5, 5.41) is 5.58. The molecule has 0 fully saturated rings. The molecule has 2 N–H and O–H groups in total. The van der Waals surface area contributed by atoms with Gasteiger partial charge >= 0.3 is 0 Å². The topological polar surface area (TPSA) is 49.8 Å². The standard InChI is InChI=1S/C16H10BrF3N4/c17-9-1-3-10(4-2-9)22-16-21-8-7-13(24-16)23-12-6-5-11(18)14(19)15(12)20/h1-8H,(H2,21,22,23,24). The van der Waals surface area contributed by atoms with Gasteiger partial charge in [-0.05, 0) is 42.5 Å². The molecule has 0 aliphatic carbocycles. The number of benzene rings is 2. The van der Waals surface area contributed by atoms with Crippen molar-refractivity contribution in [2.24, 2.45) is 0 Å². The van der Waals surface area contributed by atoms with Crippen molar-refractivity contribution < 1.29 is 13.2 Å². The van der Waals surface area contributed by atoms with E-state index in [2.05, 4.69) is 36.5 Å². The molecule has 4 nitrogen and oxygen atoms in total. The molecule has 0 amide bonds. The fraction of sp³-hybridized carbons (Fsp3) is 0. The Morgan fingerprint density at radius 2 is 1.58 bits per heavy atom. The van der Waals surface area contributed by atoms with Gasteiger partial charge in [-0.25, -0.2) is 18.2 Å². The first-order valence-electron chi connectivity index (χ1n) is 6.79. The summed E-state index contributed by atoms with van der Waals surface area (Å²) < 4.78 is 40.8. The van der Waals surface area contributed by atoms with Gasteiger partial charge in [-0.2, -0.15) is 4.98 Å². The van der Waals surface area contributed by atoms with E-state index in [0.717, 1.165) is 22.3 Å². The molecule has 3 rings (SSSR count). The Labute approximate surface area is 143 Å². The Bertz CT molecular complexity index is 872. The van der Waals surface area contributed by atoms with Crippen molar-refractivity contribution in [3.05, 3.63) is 70.6 Å². The van der Waals surface area contributed by atoms with E-state index >= 15 is 0 Å². The average molecular weight is 395 g/mol. The van der Waals surface area contributed by atoms with Gasteiger partial charge in [0.1, 0.15) is 5.82 Å². The van der Waals surface area contributed by atoms with Gasteiger partial charge in [0, 0.05) is 16.4 Å². The predicted molar refractivity (Wildman–Crippen MR) is 89.1 cm³/mol. The number of nitrogens with one attached hydrogen (secondary N) is 2. The lowest BCUT2D eigenvalue weighted by Crippen LogP contribution is -2.03. The fourth-order valence-electron chi connectivity index (χ4n) is 1.91. The largest absolute Gasteiger partial charge is 0.338 e. The molecule has 8 heteroatoms. The Balaban J connectivity index is 1.80. The molecule has 0 bridgehead atoms. The molecule has 0 saturated carbocycles. The van der Waals surface area contributed by atoms with Crippen LogP contribution in [0.3, 0.4) is 0 Å². The lowest BCUT2D eigenvalue weighted by atomic mass is 10.3. The number of aromatic nitrogens is 2. The second kappa shape index (κ2) is 6.88. The molecular formula is C16H10BrF3N4. The van der Waals surface area contributed by atoms with Gasteiger partial charge in [-0.3, -0.25) is 0 Å². The molecule has 3 aromatic rings. The van der Waals surface area contributed by atoms with E-state index in [-0.39, 0.29) is 17.5 Å². The van der Waals surface area contributed by atoms with Crippen molar-refractivity contribution in [1.82, 2.24) is 9.97 Å². The highest BCUT2D eigenvalue weighted by molar-refractivity contribution is 9.10. The van der Waals surface area contributed by atoms with Crippen LogP contribution in [0.1, 0.15) is 0 Å². The quantitative estimate of drug-likeness (QED) is 0.601. The summed E-state index contributed by atoms with van der Waals surface area (Å²) in [7, 11) is 0. The highest BCUT2D eigenvalue weighted by atomic mass is 79.9. The molecule has 2 aromatic carbocycles. The van der Waals surface area contributed by atoms with Crippen LogP contribution in [0.4, 0.5) is 36.3 Å². The van der Waals surface area contributed by atoms with Crippen LogP contribution in [0.2, 0.25) is 0 Å². The highest BCUT2D eigenvalue weighted by Crippen LogP contribution is 2.23. The van der Waals surface area contributed by atoms with E-state index < -0.39 is 17.5 Å². The zero-order chi connectivity index (χ0) is 17.1. The van der Waals surface area contributed by atoms with Crippen LogP contribution in [0.5, 0.6) is 0 Å². The second-order valence-electron chi connectivity index (χ2n) is 4.75. The SMILES string of the molecule is Fc1ccc(Nc2ccnc(Nc3ccc(Br)cc3)n2)c(F)c1F. The number of hydrogen-bond acceptors (Lipinski definition) is 4. The lowest BCUT2D eigenvalue weighted by Gasteiger charge is -2.09. The first-order valence-corrected chi connectivity index (χ1v) is 7.58. The second-order valence-corrected chi connectivity index (χ2v) is 5.66. The van der Waals surface area contributed by atoms with Crippen molar-refractivity contribution in [3.63, 3.8) is 0 Å². The van der Waals surface area contributed by atoms with Crippen LogP contribution in [-0.2, 0) is 0 Å². The molecular weight excluding hydrogens is 385 g/mol. The third-order valence-electron chi connectivity index (χ3n) is 3.05. The maximum absolute atomic E-state index is 13.7. The molecule has 1 aromatic heterocycles. The maximum Gasteiger partial charge on any atom is 0.229 e. The van der Waals surface area contributed by atoms with E-state index in [1.807, 2.05) is 24.3 Å². The van der Waals surface area contributed by atoms with Gasteiger partial charge in [0.25, 0.3) is 0 Å². The van der Waals surface area contributed by atoms with Gasteiger partial charge in [-0.1, -0.05) is 15.9 Å². The molecule has 0 aliphatic heterocycles. The molecule has 0 aliphatic rings. The van der Waals surface area contributed by atoms with Gasteiger partial charge in [0.05, 0.1) is 5.69 Å². The van der Waals surface area contributed by atoms with E-state index in [1.165, 1.54) is 12.3 Å².